The van der Waals surface area contributed by atoms with E-state index in [1.807, 2.05) is 30.3 Å². The van der Waals surface area contributed by atoms with Crippen molar-refractivity contribution in [1.82, 2.24) is 0 Å². The Morgan fingerprint density at radius 1 is 0.962 bits per heavy atom. The molecule has 26 heavy (non-hydrogen) atoms. The maximum Gasteiger partial charge on any atom is 0.343 e. The highest BCUT2D eigenvalue weighted by Crippen LogP contribution is 2.34. The molecule has 0 bridgehead atoms. The highest BCUT2D eigenvalue weighted by molar-refractivity contribution is 5.91. The third-order valence-corrected chi connectivity index (χ3v) is 5.10. The lowest BCUT2D eigenvalue weighted by atomic mass is 9.82. The first-order valence-corrected chi connectivity index (χ1v) is 9.75. The number of rotatable bonds is 7. The van der Waals surface area contributed by atoms with Crippen molar-refractivity contribution in [2.24, 2.45) is 0 Å². The standard InChI is InChI=1S/C23H28O3/c1-2-3-17-25-21-15-13-19(14-16-21)18-9-11-20(12-10-18)23(24)26-22-7-5-4-6-8-22/h4-12,19,21H,2-3,13-17H2,1H3. The van der Waals surface area contributed by atoms with Gasteiger partial charge in [-0.25, -0.2) is 4.79 Å². The first-order valence-electron chi connectivity index (χ1n) is 9.75. The predicted molar refractivity (Wildman–Crippen MR) is 104 cm³/mol. The van der Waals surface area contributed by atoms with Crippen molar-refractivity contribution < 1.29 is 14.3 Å². The van der Waals surface area contributed by atoms with Gasteiger partial charge in [-0.3, -0.25) is 0 Å². The van der Waals surface area contributed by atoms with Gasteiger partial charge in [-0.15, -0.1) is 0 Å². The molecule has 0 saturated heterocycles. The van der Waals surface area contributed by atoms with Crippen molar-refractivity contribution in [2.45, 2.75) is 57.5 Å². The number of para-hydroxylation sites is 1. The monoisotopic (exact) mass is 352 g/mol. The van der Waals surface area contributed by atoms with E-state index in [1.54, 1.807) is 12.1 Å². The molecule has 0 radical (unpaired) electrons. The van der Waals surface area contributed by atoms with E-state index in [-0.39, 0.29) is 5.97 Å². The molecule has 0 unspecified atom stereocenters. The first-order chi connectivity index (χ1) is 12.8. The van der Waals surface area contributed by atoms with E-state index >= 15 is 0 Å². The smallest absolute Gasteiger partial charge is 0.343 e. The van der Waals surface area contributed by atoms with Crippen molar-refractivity contribution in [1.29, 1.82) is 0 Å². The third-order valence-electron chi connectivity index (χ3n) is 5.10. The minimum atomic E-state index is -0.309. The Kier molecular flexibility index (Phi) is 6.84. The van der Waals surface area contributed by atoms with E-state index in [4.69, 9.17) is 9.47 Å². The zero-order chi connectivity index (χ0) is 18.2. The van der Waals surface area contributed by atoms with E-state index in [0.29, 0.717) is 23.3 Å². The lowest BCUT2D eigenvalue weighted by molar-refractivity contribution is 0.0232. The molecule has 1 saturated carbocycles. The van der Waals surface area contributed by atoms with Crippen LogP contribution in [0.1, 0.15) is 67.3 Å². The first kappa shape index (κ1) is 18.7. The molecule has 3 heteroatoms. The number of unbranched alkanes of at least 4 members (excludes halogenated alkanes) is 1. The Labute approximate surface area is 156 Å². The van der Waals surface area contributed by atoms with Crippen LogP contribution in [0.3, 0.4) is 0 Å². The van der Waals surface area contributed by atoms with Crippen LogP contribution < -0.4 is 4.74 Å². The Hall–Kier alpha value is -2.13. The molecule has 3 nitrogen and oxygen atoms in total. The fraction of sp³-hybridized carbons (Fsp3) is 0.435. The van der Waals surface area contributed by atoms with Gasteiger partial charge in [0.1, 0.15) is 5.75 Å². The summed E-state index contributed by atoms with van der Waals surface area (Å²) < 4.78 is 11.3. The number of hydrogen-bond acceptors (Lipinski definition) is 3. The average Bonchev–Trinajstić information content (AvgIpc) is 2.70. The Morgan fingerprint density at radius 2 is 1.65 bits per heavy atom. The minimum Gasteiger partial charge on any atom is -0.423 e. The summed E-state index contributed by atoms with van der Waals surface area (Å²) in [6.45, 7) is 3.09. The van der Waals surface area contributed by atoms with Crippen LogP contribution in [0.25, 0.3) is 0 Å². The Balaban J connectivity index is 1.51. The Bertz CT molecular complexity index is 670. The van der Waals surface area contributed by atoms with E-state index in [1.165, 1.54) is 12.0 Å². The van der Waals surface area contributed by atoms with E-state index in [2.05, 4.69) is 19.1 Å². The van der Waals surface area contributed by atoms with Gasteiger partial charge in [0.05, 0.1) is 11.7 Å². The lowest BCUT2D eigenvalue weighted by Gasteiger charge is -2.29. The highest BCUT2D eigenvalue weighted by Gasteiger charge is 2.23. The van der Waals surface area contributed by atoms with E-state index < -0.39 is 0 Å². The van der Waals surface area contributed by atoms with Gasteiger partial charge in [0.2, 0.25) is 0 Å². The molecule has 0 spiro atoms. The van der Waals surface area contributed by atoms with Crippen LogP contribution in [0.4, 0.5) is 0 Å². The van der Waals surface area contributed by atoms with Gasteiger partial charge in [-0.05, 0) is 67.9 Å². The molecule has 2 aromatic carbocycles. The van der Waals surface area contributed by atoms with Crippen LogP contribution in [-0.4, -0.2) is 18.7 Å². The number of hydrogen-bond donors (Lipinski definition) is 0. The van der Waals surface area contributed by atoms with E-state index in [0.717, 1.165) is 38.7 Å². The zero-order valence-electron chi connectivity index (χ0n) is 15.5. The van der Waals surface area contributed by atoms with Gasteiger partial charge in [-0.1, -0.05) is 43.7 Å². The molecule has 1 fully saturated rings. The molecule has 1 aliphatic carbocycles. The molecular weight excluding hydrogens is 324 g/mol. The molecule has 0 aromatic heterocycles. The second-order valence-corrected chi connectivity index (χ2v) is 7.02. The average molecular weight is 352 g/mol. The number of carbonyl (C=O) groups is 1. The van der Waals surface area contributed by atoms with Crippen LogP contribution in [0.15, 0.2) is 54.6 Å². The van der Waals surface area contributed by atoms with Gasteiger partial charge in [0.25, 0.3) is 0 Å². The van der Waals surface area contributed by atoms with Crippen LogP contribution >= 0.6 is 0 Å². The molecule has 0 aliphatic heterocycles. The zero-order valence-corrected chi connectivity index (χ0v) is 15.5. The molecule has 3 rings (SSSR count). The number of benzene rings is 2. The largest absolute Gasteiger partial charge is 0.423 e. The molecule has 2 aromatic rings. The Morgan fingerprint density at radius 3 is 2.31 bits per heavy atom. The summed E-state index contributed by atoms with van der Waals surface area (Å²) in [7, 11) is 0. The molecule has 0 N–H and O–H groups in total. The van der Waals surface area contributed by atoms with Gasteiger partial charge in [-0.2, -0.15) is 0 Å². The van der Waals surface area contributed by atoms with Crippen molar-refractivity contribution in [3.05, 3.63) is 65.7 Å². The number of carbonyl (C=O) groups excluding carboxylic acids is 1. The van der Waals surface area contributed by atoms with Crippen LogP contribution in [-0.2, 0) is 4.74 Å². The fourth-order valence-electron chi connectivity index (χ4n) is 3.50. The molecule has 0 atom stereocenters. The fourth-order valence-corrected chi connectivity index (χ4v) is 3.50. The topological polar surface area (TPSA) is 35.5 Å². The maximum atomic E-state index is 12.2. The van der Waals surface area contributed by atoms with Crippen molar-refractivity contribution in [3.8, 4) is 5.75 Å². The van der Waals surface area contributed by atoms with Crippen molar-refractivity contribution >= 4 is 5.97 Å². The normalized spacial score (nSPS) is 19.9. The number of esters is 1. The summed E-state index contributed by atoms with van der Waals surface area (Å²) in [5, 5.41) is 0. The predicted octanol–water partition coefficient (Wildman–Crippen LogP) is 5.75. The lowest BCUT2D eigenvalue weighted by Crippen LogP contribution is -2.21. The minimum absolute atomic E-state index is 0.309. The second-order valence-electron chi connectivity index (χ2n) is 7.02. The van der Waals surface area contributed by atoms with Crippen molar-refractivity contribution in [2.75, 3.05) is 6.61 Å². The second kappa shape index (κ2) is 9.54. The molecule has 0 heterocycles. The van der Waals surface area contributed by atoms with Crippen LogP contribution in [0.5, 0.6) is 5.75 Å². The van der Waals surface area contributed by atoms with Gasteiger partial charge < -0.3 is 9.47 Å². The van der Waals surface area contributed by atoms with E-state index in [9.17, 15) is 4.79 Å². The third kappa shape index (κ3) is 5.18. The molecule has 138 valence electrons. The van der Waals surface area contributed by atoms with Crippen LogP contribution in [0, 0.1) is 0 Å². The summed E-state index contributed by atoms with van der Waals surface area (Å²) in [6, 6.07) is 17.1. The van der Waals surface area contributed by atoms with Crippen molar-refractivity contribution in [3.63, 3.8) is 0 Å². The summed E-state index contributed by atoms with van der Waals surface area (Å²) in [5.74, 6) is 0.832. The summed E-state index contributed by atoms with van der Waals surface area (Å²) in [5.41, 5.74) is 1.91. The molecule has 0 amide bonds. The van der Waals surface area contributed by atoms with Gasteiger partial charge >= 0.3 is 5.97 Å². The van der Waals surface area contributed by atoms with Gasteiger partial charge in [0.15, 0.2) is 0 Å². The van der Waals surface area contributed by atoms with Crippen LogP contribution in [0.2, 0.25) is 0 Å². The maximum absolute atomic E-state index is 12.2. The quantitative estimate of drug-likeness (QED) is 0.362. The highest BCUT2D eigenvalue weighted by atomic mass is 16.5. The molecule has 1 aliphatic rings. The molecular formula is C23H28O3. The SMILES string of the molecule is CCCCOC1CCC(c2ccc(C(=O)Oc3ccccc3)cc2)CC1. The summed E-state index contributed by atoms with van der Waals surface area (Å²) in [6.07, 6.45) is 7.35. The summed E-state index contributed by atoms with van der Waals surface area (Å²) >= 11 is 0. The van der Waals surface area contributed by atoms with Gasteiger partial charge in [0, 0.05) is 6.61 Å². The summed E-state index contributed by atoms with van der Waals surface area (Å²) in [4.78, 5) is 12.2. The number of ether oxygens (including phenoxy) is 2.